The van der Waals surface area contributed by atoms with Crippen molar-refractivity contribution in [2.75, 3.05) is 5.73 Å². The molecule has 90 valence electrons. The van der Waals surface area contributed by atoms with Crippen LogP contribution in [0.25, 0.3) is 0 Å². The van der Waals surface area contributed by atoms with Crippen LogP contribution in [0.1, 0.15) is 51.3 Å². The highest BCUT2D eigenvalue weighted by molar-refractivity contribution is 14.1. The Balaban J connectivity index is 2.17. The van der Waals surface area contributed by atoms with Crippen molar-refractivity contribution in [1.29, 1.82) is 0 Å². The first-order valence-electron chi connectivity index (χ1n) is 5.91. The highest BCUT2D eigenvalue weighted by Crippen LogP contribution is 2.41. The number of hydrogen-bond donors (Lipinski definition) is 1. The van der Waals surface area contributed by atoms with Crippen molar-refractivity contribution in [3.63, 3.8) is 0 Å². The Morgan fingerprint density at radius 2 is 1.94 bits per heavy atom. The minimum absolute atomic E-state index is 0.501. The van der Waals surface area contributed by atoms with E-state index in [1.54, 1.807) is 0 Å². The number of nitrogen functional groups attached to an aromatic ring is 1. The van der Waals surface area contributed by atoms with E-state index >= 15 is 0 Å². The molecule has 0 amide bonds. The Labute approximate surface area is 111 Å². The summed E-state index contributed by atoms with van der Waals surface area (Å²) in [5, 5.41) is 4.57. The fraction of sp³-hybridized carbons (Fsp3) is 0.750. The fourth-order valence-electron chi connectivity index (χ4n) is 2.45. The predicted molar refractivity (Wildman–Crippen MR) is 75.4 cm³/mol. The van der Waals surface area contributed by atoms with Gasteiger partial charge in [0.2, 0.25) is 0 Å². The van der Waals surface area contributed by atoms with E-state index in [9.17, 15) is 0 Å². The quantitative estimate of drug-likeness (QED) is 0.799. The van der Waals surface area contributed by atoms with Crippen LogP contribution >= 0.6 is 22.6 Å². The number of anilines is 1. The molecule has 1 heterocycles. The molecule has 0 aromatic carbocycles. The van der Waals surface area contributed by atoms with Gasteiger partial charge in [-0.3, -0.25) is 0 Å². The molecule has 0 saturated heterocycles. The maximum atomic E-state index is 6.09. The average Bonchev–Trinajstić information content (AvgIpc) is 2.46. The van der Waals surface area contributed by atoms with Crippen LogP contribution in [0, 0.1) is 15.9 Å². The van der Waals surface area contributed by atoms with E-state index in [2.05, 4.69) is 41.5 Å². The molecular weight excluding hydrogens is 313 g/mol. The highest BCUT2D eigenvalue weighted by atomic mass is 127. The fourth-order valence-corrected chi connectivity index (χ4v) is 2.81. The van der Waals surface area contributed by atoms with E-state index in [1.165, 1.54) is 25.7 Å². The number of aromatic nitrogens is 2. The predicted octanol–water partition coefficient (Wildman–Crippen LogP) is 3.52. The monoisotopic (exact) mass is 333 g/mol. The van der Waals surface area contributed by atoms with Gasteiger partial charge in [-0.05, 0) is 60.6 Å². The van der Waals surface area contributed by atoms with Crippen LogP contribution in [-0.2, 0) is 0 Å². The Bertz CT molecular complexity index is 385. The van der Waals surface area contributed by atoms with Gasteiger partial charge in [0.15, 0.2) is 0 Å². The van der Waals surface area contributed by atoms with Crippen molar-refractivity contribution < 1.29 is 0 Å². The minimum Gasteiger partial charge on any atom is -0.383 e. The second-order valence-corrected chi connectivity index (χ2v) is 6.70. The molecular formula is C12H20IN3. The van der Waals surface area contributed by atoms with Gasteiger partial charge >= 0.3 is 0 Å². The smallest absolute Gasteiger partial charge is 0.135 e. The van der Waals surface area contributed by atoms with Crippen LogP contribution in [0.2, 0.25) is 0 Å². The molecule has 2 rings (SSSR count). The summed E-state index contributed by atoms with van der Waals surface area (Å²) in [7, 11) is 0. The summed E-state index contributed by atoms with van der Waals surface area (Å²) in [6.07, 6.45) is 4.95. The molecule has 2 N–H and O–H groups in total. The molecule has 1 aliphatic rings. The Hall–Kier alpha value is -0.260. The molecule has 3 nitrogen and oxygen atoms in total. The summed E-state index contributed by atoms with van der Waals surface area (Å²) >= 11 is 2.28. The van der Waals surface area contributed by atoms with Gasteiger partial charge in [0.05, 0.1) is 15.3 Å². The van der Waals surface area contributed by atoms with Crippen LogP contribution < -0.4 is 5.73 Å². The summed E-state index contributed by atoms with van der Waals surface area (Å²) in [5.41, 5.74) is 7.65. The molecule has 1 aromatic rings. The van der Waals surface area contributed by atoms with Crippen molar-refractivity contribution in [3.8, 4) is 0 Å². The summed E-state index contributed by atoms with van der Waals surface area (Å²) in [6.45, 7) is 6.73. The lowest BCUT2D eigenvalue weighted by molar-refractivity contribution is 0.187. The second kappa shape index (κ2) is 4.20. The average molecular weight is 333 g/mol. The SMILES string of the molecule is Cc1nn(C2CCC(C)(C)CC2)c(N)c1I. The first-order chi connectivity index (χ1) is 7.41. The highest BCUT2D eigenvalue weighted by Gasteiger charge is 2.29. The molecule has 0 aliphatic heterocycles. The molecule has 0 bridgehead atoms. The van der Waals surface area contributed by atoms with E-state index in [4.69, 9.17) is 5.73 Å². The van der Waals surface area contributed by atoms with Crippen molar-refractivity contribution >= 4 is 28.4 Å². The van der Waals surface area contributed by atoms with Gasteiger partial charge in [-0.1, -0.05) is 13.8 Å². The van der Waals surface area contributed by atoms with E-state index in [1.807, 2.05) is 11.6 Å². The maximum Gasteiger partial charge on any atom is 0.135 e. The van der Waals surface area contributed by atoms with E-state index in [0.29, 0.717) is 11.5 Å². The molecule has 0 spiro atoms. The lowest BCUT2D eigenvalue weighted by Gasteiger charge is -2.34. The summed E-state index contributed by atoms with van der Waals surface area (Å²) in [6, 6.07) is 0.509. The molecule has 0 unspecified atom stereocenters. The third-order valence-corrected chi connectivity index (χ3v) is 5.03. The zero-order valence-electron chi connectivity index (χ0n) is 10.3. The maximum absolute atomic E-state index is 6.09. The van der Waals surface area contributed by atoms with Gasteiger partial charge < -0.3 is 5.73 Å². The van der Waals surface area contributed by atoms with Gasteiger partial charge in [0.1, 0.15) is 5.82 Å². The molecule has 0 atom stereocenters. The van der Waals surface area contributed by atoms with Gasteiger partial charge in [-0.15, -0.1) is 0 Å². The Morgan fingerprint density at radius 3 is 2.38 bits per heavy atom. The molecule has 0 radical (unpaired) electrons. The van der Waals surface area contributed by atoms with Crippen molar-refractivity contribution in [3.05, 3.63) is 9.26 Å². The molecule has 1 saturated carbocycles. The number of rotatable bonds is 1. The van der Waals surface area contributed by atoms with Crippen molar-refractivity contribution in [2.24, 2.45) is 5.41 Å². The molecule has 16 heavy (non-hydrogen) atoms. The lowest BCUT2D eigenvalue weighted by atomic mass is 9.75. The molecule has 1 aromatic heterocycles. The van der Waals surface area contributed by atoms with E-state index in [-0.39, 0.29) is 0 Å². The largest absolute Gasteiger partial charge is 0.383 e. The molecule has 4 heteroatoms. The van der Waals surface area contributed by atoms with Crippen LogP contribution in [0.15, 0.2) is 0 Å². The third kappa shape index (κ3) is 2.21. The molecule has 1 aliphatic carbocycles. The number of aryl methyl sites for hydroxylation is 1. The standard InChI is InChI=1S/C12H20IN3/c1-8-10(13)11(14)16(15-8)9-4-6-12(2,3)7-5-9/h9H,4-7,14H2,1-3H3. The Kier molecular flexibility index (Phi) is 3.20. The lowest BCUT2D eigenvalue weighted by Crippen LogP contribution is -2.24. The first kappa shape index (κ1) is 12.2. The van der Waals surface area contributed by atoms with Gasteiger partial charge in [0.25, 0.3) is 0 Å². The van der Waals surface area contributed by atoms with Crippen LogP contribution in [0.5, 0.6) is 0 Å². The van der Waals surface area contributed by atoms with Crippen LogP contribution in [-0.4, -0.2) is 9.78 Å². The topological polar surface area (TPSA) is 43.8 Å². The summed E-state index contributed by atoms with van der Waals surface area (Å²) in [5.74, 6) is 0.850. The van der Waals surface area contributed by atoms with Crippen molar-refractivity contribution in [2.45, 2.75) is 52.5 Å². The van der Waals surface area contributed by atoms with E-state index in [0.717, 1.165) is 15.1 Å². The summed E-state index contributed by atoms with van der Waals surface area (Å²) in [4.78, 5) is 0. The number of halogens is 1. The Morgan fingerprint density at radius 1 is 1.38 bits per heavy atom. The van der Waals surface area contributed by atoms with Crippen molar-refractivity contribution in [1.82, 2.24) is 9.78 Å². The minimum atomic E-state index is 0.501. The third-order valence-electron chi connectivity index (χ3n) is 3.70. The number of hydrogen-bond acceptors (Lipinski definition) is 2. The number of nitrogens with two attached hydrogens (primary N) is 1. The normalized spacial score (nSPS) is 21.2. The number of nitrogens with zero attached hydrogens (tertiary/aromatic N) is 2. The van der Waals surface area contributed by atoms with Gasteiger partial charge in [-0.25, -0.2) is 4.68 Å². The zero-order chi connectivity index (χ0) is 11.9. The van der Waals surface area contributed by atoms with Crippen LogP contribution in [0.4, 0.5) is 5.82 Å². The summed E-state index contributed by atoms with van der Waals surface area (Å²) < 4.78 is 3.16. The first-order valence-corrected chi connectivity index (χ1v) is 6.99. The van der Waals surface area contributed by atoms with Gasteiger partial charge in [-0.2, -0.15) is 5.10 Å². The zero-order valence-corrected chi connectivity index (χ0v) is 12.4. The van der Waals surface area contributed by atoms with Gasteiger partial charge in [0, 0.05) is 0 Å². The van der Waals surface area contributed by atoms with E-state index < -0.39 is 0 Å². The van der Waals surface area contributed by atoms with Crippen LogP contribution in [0.3, 0.4) is 0 Å². The second-order valence-electron chi connectivity index (χ2n) is 5.62. The molecule has 1 fully saturated rings.